The monoisotopic (exact) mass is 303 g/mol. The highest BCUT2D eigenvalue weighted by atomic mass is 35.5. The van der Waals surface area contributed by atoms with E-state index in [2.05, 4.69) is 10.2 Å². The van der Waals surface area contributed by atoms with Crippen LogP contribution in [0.15, 0.2) is 6.07 Å². The van der Waals surface area contributed by atoms with Crippen LogP contribution >= 0.6 is 23.2 Å². The molecule has 1 aliphatic rings. The third-order valence-electron chi connectivity index (χ3n) is 3.12. The van der Waals surface area contributed by atoms with Crippen molar-refractivity contribution in [2.45, 2.75) is 13.3 Å². The summed E-state index contributed by atoms with van der Waals surface area (Å²) in [4.78, 5) is 14.1. The first kappa shape index (κ1) is 14.5. The molecule has 19 heavy (non-hydrogen) atoms. The van der Waals surface area contributed by atoms with Gasteiger partial charge in [0, 0.05) is 25.6 Å². The molecule has 1 atom stereocenters. The summed E-state index contributed by atoms with van der Waals surface area (Å²) < 4.78 is 5.32. The zero-order valence-corrected chi connectivity index (χ0v) is 12.1. The third kappa shape index (κ3) is 3.55. The molecule has 0 bridgehead atoms. The van der Waals surface area contributed by atoms with Crippen LogP contribution in [0.4, 0.5) is 0 Å². The van der Waals surface area contributed by atoms with Gasteiger partial charge in [-0.15, -0.1) is 10.2 Å². The lowest BCUT2D eigenvalue weighted by atomic mass is 10.1. The average molecular weight is 304 g/mol. The second-order valence-corrected chi connectivity index (χ2v) is 5.19. The van der Waals surface area contributed by atoms with Gasteiger partial charge in [-0.3, -0.25) is 4.79 Å². The lowest BCUT2D eigenvalue weighted by Crippen LogP contribution is -2.35. The molecule has 5 nitrogen and oxygen atoms in total. The summed E-state index contributed by atoms with van der Waals surface area (Å²) >= 11 is 11.7. The Kier molecular flexibility index (Phi) is 4.96. The number of ether oxygens (including phenoxy) is 1. The van der Waals surface area contributed by atoms with Crippen molar-refractivity contribution in [3.8, 4) is 0 Å². The summed E-state index contributed by atoms with van der Waals surface area (Å²) in [5, 5.41) is 7.50. The van der Waals surface area contributed by atoms with Crippen molar-refractivity contribution in [1.82, 2.24) is 15.1 Å². The predicted molar refractivity (Wildman–Crippen MR) is 72.6 cm³/mol. The van der Waals surface area contributed by atoms with Gasteiger partial charge in [0.1, 0.15) is 0 Å². The zero-order valence-electron chi connectivity index (χ0n) is 10.6. The van der Waals surface area contributed by atoms with Crippen molar-refractivity contribution in [2.75, 3.05) is 26.3 Å². The Morgan fingerprint density at radius 1 is 1.53 bits per heavy atom. The zero-order chi connectivity index (χ0) is 13.8. The maximum absolute atomic E-state index is 12.4. The van der Waals surface area contributed by atoms with Crippen LogP contribution in [0.5, 0.6) is 0 Å². The number of carbonyl (C=O) groups excluding carboxylic acids is 1. The van der Waals surface area contributed by atoms with Gasteiger partial charge in [-0.25, -0.2) is 0 Å². The van der Waals surface area contributed by atoms with Crippen LogP contribution < -0.4 is 0 Å². The van der Waals surface area contributed by atoms with E-state index in [0.29, 0.717) is 31.2 Å². The van der Waals surface area contributed by atoms with E-state index in [0.717, 1.165) is 13.0 Å². The molecule has 1 fully saturated rings. The first-order chi connectivity index (χ1) is 9.11. The highest BCUT2D eigenvalue weighted by Crippen LogP contribution is 2.20. The Morgan fingerprint density at radius 2 is 2.32 bits per heavy atom. The summed E-state index contributed by atoms with van der Waals surface area (Å²) in [6.07, 6.45) is 0.979. The van der Waals surface area contributed by atoms with Gasteiger partial charge in [0.15, 0.2) is 10.3 Å². The molecule has 1 aliphatic heterocycles. The van der Waals surface area contributed by atoms with E-state index in [1.54, 1.807) is 4.90 Å². The maximum Gasteiger partial charge on any atom is 0.257 e. The lowest BCUT2D eigenvalue weighted by molar-refractivity contribution is 0.0730. The standard InChI is InChI=1S/C12H15Cl2N3O2/c1-2-17(6-8-3-4-19-7-8)12(18)9-5-10(13)15-16-11(9)14/h5,8H,2-4,6-7H2,1H3. The van der Waals surface area contributed by atoms with E-state index < -0.39 is 0 Å². The van der Waals surface area contributed by atoms with Crippen molar-refractivity contribution in [1.29, 1.82) is 0 Å². The van der Waals surface area contributed by atoms with Gasteiger partial charge in [-0.1, -0.05) is 23.2 Å². The molecule has 0 aromatic carbocycles. The number of rotatable bonds is 4. The highest BCUT2D eigenvalue weighted by molar-refractivity contribution is 6.34. The molecule has 0 aliphatic carbocycles. The molecule has 2 rings (SSSR count). The molecule has 2 heterocycles. The van der Waals surface area contributed by atoms with Crippen LogP contribution in [-0.4, -0.2) is 47.3 Å². The van der Waals surface area contributed by atoms with Crippen molar-refractivity contribution in [3.63, 3.8) is 0 Å². The van der Waals surface area contributed by atoms with Crippen LogP contribution in [0.25, 0.3) is 0 Å². The molecule has 0 spiro atoms. The number of carbonyl (C=O) groups is 1. The molecule has 104 valence electrons. The fraction of sp³-hybridized carbons (Fsp3) is 0.583. The molecule has 7 heteroatoms. The quantitative estimate of drug-likeness (QED) is 0.856. The Balaban J connectivity index is 2.12. The van der Waals surface area contributed by atoms with Crippen molar-refractivity contribution >= 4 is 29.1 Å². The van der Waals surface area contributed by atoms with E-state index in [-0.39, 0.29) is 16.2 Å². The fourth-order valence-electron chi connectivity index (χ4n) is 2.07. The van der Waals surface area contributed by atoms with E-state index in [1.165, 1.54) is 6.07 Å². The number of nitrogens with zero attached hydrogens (tertiary/aromatic N) is 3. The first-order valence-electron chi connectivity index (χ1n) is 6.17. The SMILES string of the molecule is CCN(CC1CCOC1)C(=O)c1cc(Cl)nnc1Cl. The number of hydrogen-bond acceptors (Lipinski definition) is 4. The molecule has 1 aromatic heterocycles. The Bertz CT molecular complexity index is 464. The molecule has 0 radical (unpaired) electrons. The van der Waals surface area contributed by atoms with Gasteiger partial charge in [-0.2, -0.15) is 0 Å². The molecule has 0 N–H and O–H groups in total. The predicted octanol–water partition coefficient (Wildman–Crippen LogP) is 2.28. The Morgan fingerprint density at radius 3 is 2.95 bits per heavy atom. The van der Waals surface area contributed by atoms with Crippen LogP contribution in [0.1, 0.15) is 23.7 Å². The smallest absolute Gasteiger partial charge is 0.257 e. The van der Waals surface area contributed by atoms with Crippen LogP contribution in [0.3, 0.4) is 0 Å². The second-order valence-electron chi connectivity index (χ2n) is 4.44. The fourth-order valence-corrected chi connectivity index (χ4v) is 2.39. The Hall–Kier alpha value is -0.910. The number of halogens is 2. The molecular weight excluding hydrogens is 289 g/mol. The van der Waals surface area contributed by atoms with Crippen LogP contribution in [-0.2, 0) is 4.74 Å². The van der Waals surface area contributed by atoms with E-state index in [9.17, 15) is 4.79 Å². The molecular formula is C12H15Cl2N3O2. The largest absolute Gasteiger partial charge is 0.381 e. The minimum absolute atomic E-state index is 0.0792. The molecule has 1 saturated heterocycles. The topological polar surface area (TPSA) is 55.3 Å². The van der Waals surface area contributed by atoms with Gasteiger partial charge in [0.05, 0.1) is 12.2 Å². The molecule has 1 unspecified atom stereocenters. The van der Waals surface area contributed by atoms with Gasteiger partial charge < -0.3 is 9.64 Å². The van der Waals surface area contributed by atoms with Crippen molar-refractivity contribution < 1.29 is 9.53 Å². The summed E-state index contributed by atoms with van der Waals surface area (Å²) in [6.45, 7) is 4.65. The van der Waals surface area contributed by atoms with E-state index in [1.807, 2.05) is 6.92 Å². The second kappa shape index (κ2) is 6.50. The molecule has 1 aromatic rings. The maximum atomic E-state index is 12.4. The van der Waals surface area contributed by atoms with Gasteiger partial charge in [-0.05, 0) is 19.4 Å². The lowest BCUT2D eigenvalue weighted by Gasteiger charge is -2.23. The van der Waals surface area contributed by atoms with Crippen LogP contribution in [0.2, 0.25) is 10.3 Å². The summed E-state index contributed by atoms with van der Waals surface area (Å²) in [6, 6.07) is 1.45. The van der Waals surface area contributed by atoms with Crippen LogP contribution in [0, 0.1) is 5.92 Å². The minimum Gasteiger partial charge on any atom is -0.381 e. The Labute approximate surface area is 121 Å². The van der Waals surface area contributed by atoms with Crippen molar-refractivity contribution in [2.24, 2.45) is 5.92 Å². The van der Waals surface area contributed by atoms with E-state index >= 15 is 0 Å². The van der Waals surface area contributed by atoms with Crippen molar-refractivity contribution in [3.05, 3.63) is 21.9 Å². The number of aromatic nitrogens is 2. The van der Waals surface area contributed by atoms with Gasteiger partial charge in [0.25, 0.3) is 5.91 Å². The molecule has 0 saturated carbocycles. The summed E-state index contributed by atoms with van der Waals surface area (Å²) in [5.41, 5.74) is 0.294. The third-order valence-corrected chi connectivity index (χ3v) is 3.58. The van der Waals surface area contributed by atoms with Gasteiger partial charge in [0.2, 0.25) is 0 Å². The van der Waals surface area contributed by atoms with E-state index in [4.69, 9.17) is 27.9 Å². The summed E-state index contributed by atoms with van der Waals surface area (Å²) in [5.74, 6) is 0.212. The summed E-state index contributed by atoms with van der Waals surface area (Å²) in [7, 11) is 0. The highest BCUT2D eigenvalue weighted by Gasteiger charge is 2.24. The van der Waals surface area contributed by atoms with Gasteiger partial charge >= 0.3 is 0 Å². The number of amides is 1. The average Bonchev–Trinajstić information content (AvgIpc) is 2.91. The molecule has 1 amide bonds. The first-order valence-corrected chi connectivity index (χ1v) is 6.93. The normalized spacial score (nSPS) is 18.6. The number of hydrogen-bond donors (Lipinski definition) is 0. The minimum atomic E-state index is -0.170.